The van der Waals surface area contributed by atoms with Crippen molar-refractivity contribution in [2.24, 2.45) is 5.41 Å². The molecule has 88 valence electrons. The smallest absolute Gasteiger partial charge is 0.347 e. The maximum absolute atomic E-state index is 11.7. The van der Waals surface area contributed by atoms with Gasteiger partial charge in [0.2, 0.25) is 5.60 Å². The fraction of sp³-hybridized carbons (Fsp3) is 0.818. The Morgan fingerprint density at radius 2 is 1.67 bits per heavy atom. The standard InChI is InChI=1S/C11H20O4/c1-6-7-10(2,3)9(14)15-11(4,5)8(12)13/h6-7H2,1-5H3,(H,12,13). The molecule has 4 nitrogen and oxygen atoms in total. The van der Waals surface area contributed by atoms with Crippen molar-refractivity contribution in [3.63, 3.8) is 0 Å². The summed E-state index contributed by atoms with van der Waals surface area (Å²) in [5.74, 6) is -1.60. The van der Waals surface area contributed by atoms with E-state index in [4.69, 9.17) is 9.84 Å². The van der Waals surface area contributed by atoms with Crippen LogP contribution in [0, 0.1) is 5.41 Å². The lowest BCUT2D eigenvalue weighted by Gasteiger charge is -2.27. The van der Waals surface area contributed by atoms with Gasteiger partial charge in [0.25, 0.3) is 0 Å². The van der Waals surface area contributed by atoms with Gasteiger partial charge >= 0.3 is 11.9 Å². The van der Waals surface area contributed by atoms with E-state index in [1.807, 2.05) is 6.92 Å². The predicted molar refractivity (Wildman–Crippen MR) is 56.5 cm³/mol. The third kappa shape index (κ3) is 3.90. The second kappa shape index (κ2) is 4.64. The summed E-state index contributed by atoms with van der Waals surface area (Å²) in [7, 11) is 0. The lowest BCUT2D eigenvalue weighted by Crippen LogP contribution is -2.41. The van der Waals surface area contributed by atoms with Crippen molar-refractivity contribution < 1.29 is 19.4 Å². The molecule has 0 aromatic heterocycles. The van der Waals surface area contributed by atoms with E-state index >= 15 is 0 Å². The van der Waals surface area contributed by atoms with E-state index < -0.39 is 23.0 Å². The van der Waals surface area contributed by atoms with Crippen LogP contribution in [0.25, 0.3) is 0 Å². The quantitative estimate of drug-likeness (QED) is 0.716. The number of ether oxygens (including phenoxy) is 1. The van der Waals surface area contributed by atoms with Gasteiger partial charge in [-0.1, -0.05) is 13.3 Å². The van der Waals surface area contributed by atoms with Crippen molar-refractivity contribution in [1.82, 2.24) is 0 Å². The van der Waals surface area contributed by atoms with Crippen LogP contribution >= 0.6 is 0 Å². The van der Waals surface area contributed by atoms with Gasteiger partial charge < -0.3 is 9.84 Å². The molecule has 0 unspecified atom stereocenters. The Labute approximate surface area is 90.6 Å². The summed E-state index contributed by atoms with van der Waals surface area (Å²) in [6, 6.07) is 0. The van der Waals surface area contributed by atoms with Crippen molar-refractivity contribution >= 4 is 11.9 Å². The third-order valence-corrected chi connectivity index (χ3v) is 2.29. The first-order chi connectivity index (χ1) is 6.63. The van der Waals surface area contributed by atoms with Crippen LogP contribution in [0.1, 0.15) is 47.5 Å². The van der Waals surface area contributed by atoms with Gasteiger partial charge in [0.05, 0.1) is 5.41 Å². The predicted octanol–water partition coefficient (Wildman–Crippen LogP) is 2.22. The molecule has 0 aromatic rings. The molecule has 0 saturated carbocycles. The molecule has 0 rings (SSSR count). The monoisotopic (exact) mass is 216 g/mol. The summed E-state index contributed by atoms with van der Waals surface area (Å²) < 4.78 is 4.98. The summed E-state index contributed by atoms with van der Waals surface area (Å²) in [6.45, 7) is 8.23. The molecule has 0 radical (unpaired) electrons. The highest BCUT2D eigenvalue weighted by Crippen LogP contribution is 2.26. The van der Waals surface area contributed by atoms with Crippen LogP contribution in [0.5, 0.6) is 0 Å². The highest BCUT2D eigenvalue weighted by atomic mass is 16.6. The van der Waals surface area contributed by atoms with Crippen LogP contribution in [0.4, 0.5) is 0 Å². The molecule has 1 N–H and O–H groups in total. The number of aliphatic carboxylic acids is 1. The van der Waals surface area contributed by atoms with Gasteiger partial charge in [-0.2, -0.15) is 0 Å². The molecule has 4 heteroatoms. The van der Waals surface area contributed by atoms with E-state index in [0.29, 0.717) is 6.42 Å². The maximum Gasteiger partial charge on any atom is 0.347 e. The fourth-order valence-electron chi connectivity index (χ4n) is 1.14. The van der Waals surface area contributed by atoms with Gasteiger partial charge in [0, 0.05) is 0 Å². The third-order valence-electron chi connectivity index (χ3n) is 2.29. The number of carboxylic acids is 1. The molecule has 0 fully saturated rings. The zero-order chi connectivity index (χ0) is 12.3. The number of carboxylic acid groups (broad SMARTS) is 1. The van der Waals surface area contributed by atoms with Gasteiger partial charge in [-0.15, -0.1) is 0 Å². The van der Waals surface area contributed by atoms with E-state index in [0.717, 1.165) is 6.42 Å². The second-order valence-electron chi connectivity index (χ2n) is 4.84. The molecule has 0 aliphatic heterocycles. The van der Waals surface area contributed by atoms with Crippen molar-refractivity contribution in [1.29, 1.82) is 0 Å². The number of carbonyl (C=O) groups excluding carboxylic acids is 1. The lowest BCUT2D eigenvalue weighted by atomic mass is 9.88. The largest absolute Gasteiger partial charge is 0.478 e. The Bertz CT molecular complexity index is 253. The number of hydrogen-bond donors (Lipinski definition) is 1. The summed E-state index contributed by atoms with van der Waals surface area (Å²) >= 11 is 0. The highest BCUT2D eigenvalue weighted by molar-refractivity contribution is 5.83. The Morgan fingerprint density at radius 1 is 1.20 bits per heavy atom. The molecule has 0 aliphatic rings. The minimum Gasteiger partial charge on any atom is -0.478 e. The number of hydrogen-bond acceptors (Lipinski definition) is 3. The zero-order valence-electron chi connectivity index (χ0n) is 10.1. The van der Waals surface area contributed by atoms with Crippen LogP contribution in [-0.4, -0.2) is 22.6 Å². The van der Waals surface area contributed by atoms with Gasteiger partial charge in [-0.3, -0.25) is 4.79 Å². The van der Waals surface area contributed by atoms with Gasteiger partial charge in [-0.05, 0) is 34.1 Å². The SMILES string of the molecule is CCCC(C)(C)C(=O)OC(C)(C)C(=O)O. The average molecular weight is 216 g/mol. The summed E-state index contributed by atoms with van der Waals surface area (Å²) in [4.78, 5) is 22.5. The van der Waals surface area contributed by atoms with Crippen molar-refractivity contribution in [2.75, 3.05) is 0 Å². The Balaban J connectivity index is 4.56. The minimum absolute atomic E-state index is 0.461. The van der Waals surface area contributed by atoms with E-state index in [2.05, 4.69) is 0 Å². The molecular formula is C11H20O4. The summed E-state index contributed by atoms with van der Waals surface area (Å²) in [5, 5.41) is 8.81. The van der Waals surface area contributed by atoms with Crippen molar-refractivity contribution in [3.05, 3.63) is 0 Å². The molecule has 0 aromatic carbocycles. The van der Waals surface area contributed by atoms with Gasteiger partial charge in [-0.25, -0.2) is 4.79 Å². The van der Waals surface area contributed by atoms with Crippen LogP contribution in [0.2, 0.25) is 0 Å². The molecule has 15 heavy (non-hydrogen) atoms. The van der Waals surface area contributed by atoms with Crippen LogP contribution in [0.15, 0.2) is 0 Å². The first-order valence-corrected chi connectivity index (χ1v) is 5.10. The summed E-state index contributed by atoms with van der Waals surface area (Å²) in [6.07, 6.45) is 1.54. The first kappa shape index (κ1) is 13.9. The molecule has 0 amide bonds. The Morgan fingerprint density at radius 3 is 2.00 bits per heavy atom. The number of rotatable bonds is 5. The summed E-state index contributed by atoms with van der Waals surface area (Å²) in [5.41, 5.74) is -2.08. The van der Waals surface area contributed by atoms with Crippen molar-refractivity contribution in [2.45, 2.75) is 53.1 Å². The molecular weight excluding hydrogens is 196 g/mol. The van der Waals surface area contributed by atoms with E-state index in [-0.39, 0.29) is 0 Å². The number of carbonyl (C=O) groups is 2. The minimum atomic E-state index is -1.46. The molecule has 0 aliphatic carbocycles. The van der Waals surface area contributed by atoms with Crippen LogP contribution in [-0.2, 0) is 14.3 Å². The zero-order valence-corrected chi connectivity index (χ0v) is 10.1. The van der Waals surface area contributed by atoms with Gasteiger partial charge in [0.1, 0.15) is 0 Å². The van der Waals surface area contributed by atoms with E-state index in [1.54, 1.807) is 13.8 Å². The molecule has 0 atom stereocenters. The average Bonchev–Trinajstić information content (AvgIpc) is 2.02. The Hall–Kier alpha value is -1.06. The highest BCUT2D eigenvalue weighted by Gasteiger charge is 2.37. The fourth-order valence-corrected chi connectivity index (χ4v) is 1.14. The van der Waals surface area contributed by atoms with Crippen LogP contribution in [0.3, 0.4) is 0 Å². The second-order valence-corrected chi connectivity index (χ2v) is 4.84. The van der Waals surface area contributed by atoms with Gasteiger partial charge in [0.15, 0.2) is 0 Å². The normalized spacial score (nSPS) is 12.3. The lowest BCUT2D eigenvalue weighted by molar-refractivity contribution is -0.181. The van der Waals surface area contributed by atoms with E-state index in [9.17, 15) is 9.59 Å². The topological polar surface area (TPSA) is 63.6 Å². The Kier molecular flexibility index (Phi) is 4.31. The first-order valence-electron chi connectivity index (χ1n) is 5.10. The molecule has 0 spiro atoms. The van der Waals surface area contributed by atoms with E-state index in [1.165, 1.54) is 13.8 Å². The van der Waals surface area contributed by atoms with Crippen LogP contribution < -0.4 is 0 Å². The molecule has 0 saturated heterocycles. The van der Waals surface area contributed by atoms with Crippen molar-refractivity contribution in [3.8, 4) is 0 Å². The molecule has 0 heterocycles. The maximum atomic E-state index is 11.7. The molecule has 0 bridgehead atoms. The number of esters is 1.